The van der Waals surface area contributed by atoms with Gasteiger partial charge in [0.05, 0.1) is 23.0 Å². The Labute approximate surface area is 141 Å². The molecular weight excluding hydrogens is 304 g/mol. The quantitative estimate of drug-likeness (QED) is 0.908. The number of carbonyl (C=O) groups is 2. The zero-order chi connectivity index (χ0) is 17.5. The molecule has 2 atom stereocenters. The van der Waals surface area contributed by atoms with E-state index in [1.165, 1.54) is 0 Å². The monoisotopic (exact) mass is 328 g/mol. The molecule has 1 aliphatic rings. The van der Waals surface area contributed by atoms with E-state index in [9.17, 15) is 9.59 Å². The lowest BCUT2D eigenvalue weighted by Gasteiger charge is -2.32. The maximum Gasteiger partial charge on any atom is 0.226 e. The number of aromatic nitrogens is 2. The van der Waals surface area contributed by atoms with Crippen LogP contribution in [0.25, 0.3) is 11.0 Å². The van der Waals surface area contributed by atoms with Gasteiger partial charge >= 0.3 is 0 Å². The first-order chi connectivity index (χ1) is 11.3. The highest BCUT2D eigenvalue weighted by Gasteiger charge is 2.39. The fourth-order valence-corrected chi connectivity index (χ4v) is 3.11. The molecule has 3 rings (SSSR count). The third-order valence-corrected chi connectivity index (χ3v) is 4.48. The molecule has 2 aromatic rings. The summed E-state index contributed by atoms with van der Waals surface area (Å²) >= 11 is 0. The highest BCUT2D eigenvalue weighted by atomic mass is 16.2. The van der Waals surface area contributed by atoms with Crippen molar-refractivity contribution >= 4 is 22.8 Å². The first-order valence-electron chi connectivity index (χ1n) is 8.31. The number of imidazole rings is 1. The molecule has 24 heavy (non-hydrogen) atoms. The zero-order valence-electron chi connectivity index (χ0n) is 14.6. The molecule has 6 nitrogen and oxygen atoms in total. The molecule has 1 saturated heterocycles. The number of H-pyrrole nitrogens is 1. The Morgan fingerprint density at radius 3 is 2.71 bits per heavy atom. The Morgan fingerprint density at radius 1 is 1.38 bits per heavy atom. The molecular formula is C18H24N4O2. The van der Waals surface area contributed by atoms with Crippen molar-refractivity contribution in [2.45, 2.75) is 45.7 Å². The minimum absolute atomic E-state index is 0.0408. The lowest BCUT2D eigenvalue weighted by atomic mass is 10.1. The lowest BCUT2D eigenvalue weighted by molar-refractivity contribution is -0.132. The van der Waals surface area contributed by atoms with Gasteiger partial charge in [0.25, 0.3) is 0 Å². The Hall–Kier alpha value is -2.37. The van der Waals surface area contributed by atoms with E-state index >= 15 is 0 Å². The molecule has 1 fully saturated rings. The van der Waals surface area contributed by atoms with Crippen LogP contribution in [0.4, 0.5) is 0 Å². The van der Waals surface area contributed by atoms with Crippen LogP contribution in [0.1, 0.15) is 46.0 Å². The highest BCUT2D eigenvalue weighted by Crippen LogP contribution is 2.26. The van der Waals surface area contributed by atoms with E-state index in [1.54, 1.807) is 4.90 Å². The summed E-state index contributed by atoms with van der Waals surface area (Å²) in [6, 6.07) is 7.53. The second kappa shape index (κ2) is 5.92. The van der Waals surface area contributed by atoms with E-state index < -0.39 is 0 Å². The van der Waals surface area contributed by atoms with Crippen molar-refractivity contribution in [3.05, 3.63) is 30.1 Å². The molecule has 0 spiro atoms. The number of nitrogens with zero attached hydrogens (tertiary/aromatic N) is 2. The van der Waals surface area contributed by atoms with E-state index in [1.807, 2.05) is 52.0 Å². The van der Waals surface area contributed by atoms with Crippen molar-refractivity contribution in [3.8, 4) is 0 Å². The van der Waals surface area contributed by atoms with Crippen LogP contribution >= 0.6 is 0 Å². The summed E-state index contributed by atoms with van der Waals surface area (Å²) in [5, 5.41) is 2.98. The van der Waals surface area contributed by atoms with Gasteiger partial charge in [-0.25, -0.2) is 4.98 Å². The minimum atomic E-state index is -0.302. The number of fused-ring (bicyclic) bond motifs is 1. The summed E-state index contributed by atoms with van der Waals surface area (Å²) in [6.07, 6.45) is 0.274. The van der Waals surface area contributed by atoms with Gasteiger partial charge in [0.1, 0.15) is 5.82 Å². The first-order valence-corrected chi connectivity index (χ1v) is 8.31. The maximum absolute atomic E-state index is 12.5. The van der Waals surface area contributed by atoms with E-state index in [0.717, 1.165) is 16.9 Å². The van der Waals surface area contributed by atoms with Gasteiger partial charge in [0, 0.05) is 18.5 Å². The minimum Gasteiger partial charge on any atom is -0.346 e. The second-order valence-corrected chi connectivity index (χ2v) is 7.45. The van der Waals surface area contributed by atoms with E-state index in [4.69, 9.17) is 0 Å². The van der Waals surface area contributed by atoms with Gasteiger partial charge in [-0.3, -0.25) is 9.59 Å². The molecule has 0 radical (unpaired) electrons. The molecule has 2 N–H and O–H groups in total. The van der Waals surface area contributed by atoms with Crippen LogP contribution in [0, 0.1) is 5.92 Å². The predicted molar refractivity (Wildman–Crippen MR) is 92.2 cm³/mol. The number of rotatable bonds is 3. The highest BCUT2D eigenvalue weighted by molar-refractivity contribution is 5.89. The average Bonchev–Trinajstić information content (AvgIpc) is 3.09. The van der Waals surface area contributed by atoms with Crippen LogP contribution < -0.4 is 5.32 Å². The fourth-order valence-electron chi connectivity index (χ4n) is 3.11. The Bertz CT molecular complexity index is 742. The number of nitrogens with one attached hydrogen (secondary N) is 2. The summed E-state index contributed by atoms with van der Waals surface area (Å²) in [5.74, 6) is 0.368. The van der Waals surface area contributed by atoms with Gasteiger partial charge in [-0.2, -0.15) is 0 Å². The topological polar surface area (TPSA) is 78.1 Å². The van der Waals surface area contributed by atoms with Crippen molar-refractivity contribution < 1.29 is 9.59 Å². The molecule has 0 aliphatic carbocycles. The molecule has 0 unspecified atom stereocenters. The molecule has 6 heteroatoms. The average molecular weight is 328 g/mol. The van der Waals surface area contributed by atoms with Crippen LogP contribution in [0.3, 0.4) is 0 Å². The van der Waals surface area contributed by atoms with Crippen molar-refractivity contribution in [3.63, 3.8) is 0 Å². The van der Waals surface area contributed by atoms with Crippen LogP contribution in [0.5, 0.6) is 0 Å². The second-order valence-electron chi connectivity index (χ2n) is 7.45. The van der Waals surface area contributed by atoms with Crippen LogP contribution in [-0.4, -0.2) is 38.8 Å². The summed E-state index contributed by atoms with van der Waals surface area (Å²) in [6.45, 7) is 8.33. The molecule has 2 heterocycles. The SMILES string of the molecule is C[C@H](NC(=O)[C@H]1CC(=O)N(C(C)(C)C)C1)c1nc2ccccc2[nH]1. The standard InChI is InChI=1S/C18H24N4O2/c1-11(16-20-13-7-5-6-8-14(13)21-16)19-17(24)12-9-15(23)22(10-12)18(2,3)4/h5-8,11-12H,9-10H2,1-4H3,(H,19,24)(H,20,21)/t11-,12-/m0/s1. The van der Waals surface area contributed by atoms with Crippen molar-refractivity contribution in [2.75, 3.05) is 6.54 Å². The Morgan fingerprint density at radius 2 is 2.08 bits per heavy atom. The number of likely N-dealkylation sites (tertiary alicyclic amines) is 1. The van der Waals surface area contributed by atoms with Crippen molar-refractivity contribution in [2.24, 2.45) is 5.92 Å². The first kappa shape index (κ1) is 16.5. The van der Waals surface area contributed by atoms with Crippen LogP contribution in [0.2, 0.25) is 0 Å². The number of hydrogen-bond donors (Lipinski definition) is 2. The van der Waals surface area contributed by atoms with Gasteiger partial charge < -0.3 is 15.2 Å². The van der Waals surface area contributed by atoms with Gasteiger partial charge in [0.2, 0.25) is 11.8 Å². The smallest absolute Gasteiger partial charge is 0.226 e. The van der Waals surface area contributed by atoms with E-state index in [0.29, 0.717) is 6.54 Å². The summed E-state index contributed by atoms with van der Waals surface area (Å²) in [7, 11) is 0. The fraction of sp³-hybridized carbons (Fsp3) is 0.500. The van der Waals surface area contributed by atoms with Crippen LogP contribution in [-0.2, 0) is 9.59 Å². The van der Waals surface area contributed by atoms with E-state index in [-0.39, 0.29) is 35.7 Å². The lowest BCUT2D eigenvalue weighted by Crippen LogP contribution is -2.43. The molecule has 1 aromatic heterocycles. The Kier molecular flexibility index (Phi) is 4.07. The van der Waals surface area contributed by atoms with E-state index in [2.05, 4.69) is 15.3 Å². The summed E-state index contributed by atoms with van der Waals surface area (Å²) in [4.78, 5) is 34.2. The zero-order valence-corrected chi connectivity index (χ0v) is 14.6. The number of hydrogen-bond acceptors (Lipinski definition) is 3. The molecule has 1 aromatic carbocycles. The number of para-hydroxylation sites is 2. The summed E-state index contributed by atoms with van der Waals surface area (Å²) in [5.41, 5.74) is 1.57. The predicted octanol–water partition coefficient (Wildman–Crippen LogP) is 2.39. The molecule has 128 valence electrons. The maximum atomic E-state index is 12.5. The van der Waals surface area contributed by atoms with Gasteiger partial charge in [0.15, 0.2) is 0 Å². The largest absolute Gasteiger partial charge is 0.346 e. The number of benzene rings is 1. The van der Waals surface area contributed by atoms with Crippen molar-refractivity contribution in [1.29, 1.82) is 0 Å². The number of amides is 2. The summed E-state index contributed by atoms with van der Waals surface area (Å²) < 4.78 is 0. The third kappa shape index (κ3) is 3.13. The number of aromatic amines is 1. The molecule has 0 saturated carbocycles. The Balaban J connectivity index is 1.67. The normalized spacial score (nSPS) is 19.8. The molecule has 2 amide bonds. The van der Waals surface area contributed by atoms with Crippen LogP contribution in [0.15, 0.2) is 24.3 Å². The molecule has 1 aliphatic heterocycles. The number of carbonyl (C=O) groups excluding carboxylic acids is 2. The van der Waals surface area contributed by atoms with Gasteiger partial charge in [-0.15, -0.1) is 0 Å². The van der Waals surface area contributed by atoms with Crippen molar-refractivity contribution in [1.82, 2.24) is 20.2 Å². The van der Waals surface area contributed by atoms with Gasteiger partial charge in [-0.05, 0) is 39.8 Å². The third-order valence-electron chi connectivity index (χ3n) is 4.48. The van der Waals surface area contributed by atoms with Gasteiger partial charge in [-0.1, -0.05) is 12.1 Å². The molecule has 0 bridgehead atoms.